The van der Waals surface area contributed by atoms with Crippen molar-refractivity contribution < 1.29 is 9.59 Å². The van der Waals surface area contributed by atoms with Crippen molar-refractivity contribution in [2.75, 3.05) is 0 Å². The van der Waals surface area contributed by atoms with Gasteiger partial charge in [0.25, 0.3) is 0 Å². The predicted molar refractivity (Wildman–Crippen MR) is 79.9 cm³/mol. The van der Waals surface area contributed by atoms with Crippen LogP contribution in [0.3, 0.4) is 0 Å². The van der Waals surface area contributed by atoms with Gasteiger partial charge in [-0.25, -0.2) is 0 Å². The molecule has 0 radical (unpaired) electrons. The zero-order valence-corrected chi connectivity index (χ0v) is 12.4. The first kappa shape index (κ1) is 18.1. The van der Waals surface area contributed by atoms with Crippen LogP contribution in [0.5, 0.6) is 0 Å². The molecule has 3 nitrogen and oxygen atoms in total. The van der Waals surface area contributed by atoms with Gasteiger partial charge in [0.1, 0.15) is 6.29 Å². The van der Waals surface area contributed by atoms with E-state index in [1.807, 2.05) is 0 Å². The molecule has 0 bridgehead atoms. The molecule has 0 aromatic rings. The molecule has 0 unspecified atom stereocenters. The summed E-state index contributed by atoms with van der Waals surface area (Å²) in [7, 11) is 0. The molecule has 0 fully saturated rings. The number of aldehydes is 1. The number of carbonyl (C=O) groups is 2. The zero-order chi connectivity index (χ0) is 14.2. The minimum atomic E-state index is -0.173. The van der Waals surface area contributed by atoms with E-state index in [1.54, 1.807) is 0 Å². The van der Waals surface area contributed by atoms with Crippen LogP contribution in [0.25, 0.3) is 0 Å². The fourth-order valence-corrected chi connectivity index (χ4v) is 2.29. The third kappa shape index (κ3) is 17.1. The number of amides is 1. The Hall–Kier alpha value is -0.860. The molecule has 0 spiro atoms. The maximum absolute atomic E-state index is 10.5. The molecule has 1 amide bonds. The maximum Gasteiger partial charge on any atom is 0.217 e. The minimum Gasteiger partial charge on any atom is -0.370 e. The van der Waals surface area contributed by atoms with Gasteiger partial charge in [-0.05, 0) is 12.8 Å². The summed E-state index contributed by atoms with van der Waals surface area (Å²) < 4.78 is 0. The van der Waals surface area contributed by atoms with E-state index in [4.69, 9.17) is 5.73 Å². The summed E-state index contributed by atoms with van der Waals surface area (Å²) in [5.41, 5.74) is 5.08. The lowest BCUT2D eigenvalue weighted by Gasteiger charge is -2.02. The topological polar surface area (TPSA) is 60.2 Å². The van der Waals surface area contributed by atoms with E-state index in [2.05, 4.69) is 0 Å². The van der Waals surface area contributed by atoms with E-state index in [0.717, 1.165) is 32.0 Å². The quantitative estimate of drug-likeness (QED) is 0.359. The SMILES string of the molecule is NC(=O)CCCCCCCCCCCCCCC=O. The number of carbonyl (C=O) groups excluding carboxylic acids is 2. The highest BCUT2D eigenvalue weighted by atomic mass is 16.1. The second-order valence-corrected chi connectivity index (χ2v) is 5.41. The fraction of sp³-hybridized carbons (Fsp3) is 0.875. The molecule has 0 aliphatic carbocycles. The van der Waals surface area contributed by atoms with Gasteiger partial charge >= 0.3 is 0 Å². The summed E-state index contributed by atoms with van der Waals surface area (Å²) in [5.74, 6) is -0.173. The average Bonchev–Trinajstić information content (AvgIpc) is 2.39. The molecule has 0 aliphatic heterocycles. The molecule has 0 heterocycles. The smallest absolute Gasteiger partial charge is 0.217 e. The average molecular weight is 269 g/mol. The van der Waals surface area contributed by atoms with E-state index in [-0.39, 0.29) is 5.91 Å². The Labute approximate surface area is 118 Å². The Morgan fingerprint density at radius 3 is 1.42 bits per heavy atom. The van der Waals surface area contributed by atoms with Crippen molar-refractivity contribution >= 4 is 12.2 Å². The van der Waals surface area contributed by atoms with Crippen molar-refractivity contribution in [3.05, 3.63) is 0 Å². The van der Waals surface area contributed by atoms with Crippen molar-refractivity contribution in [2.45, 2.75) is 89.9 Å². The molecule has 112 valence electrons. The van der Waals surface area contributed by atoms with Gasteiger partial charge in [0, 0.05) is 12.8 Å². The molecular weight excluding hydrogens is 238 g/mol. The standard InChI is InChI=1S/C16H31NO2/c17-16(19)14-12-10-8-6-4-2-1-3-5-7-9-11-13-15-18/h15H,1-14H2,(H2,17,19). The first-order valence-corrected chi connectivity index (χ1v) is 7.99. The number of unbranched alkanes of at least 4 members (excludes halogenated alkanes) is 12. The lowest BCUT2D eigenvalue weighted by atomic mass is 10.0. The number of hydrogen-bond acceptors (Lipinski definition) is 2. The third-order valence-electron chi connectivity index (χ3n) is 3.50. The summed E-state index contributed by atoms with van der Waals surface area (Å²) in [6, 6.07) is 0. The molecule has 0 aromatic carbocycles. The lowest BCUT2D eigenvalue weighted by Crippen LogP contribution is -2.09. The second-order valence-electron chi connectivity index (χ2n) is 5.41. The number of hydrogen-bond donors (Lipinski definition) is 1. The molecule has 19 heavy (non-hydrogen) atoms. The monoisotopic (exact) mass is 269 g/mol. The van der Waals surface area contributed by atoms with E-state index in [0.29, 0.717) is 6.42 Å². The largest absolute Gasteiger partial charge is 0.370 e. The third-order valence-corrected chi connectivity index (χ3v) is 3.50. The summed E-state index contributed by atoms with van der Waals surface area (Å²) >= 11 is 0. The van der Waals surface area contributed by atoms with Gasteiger partial charge in [-0.1, -0.05) is 64.2 Å². The summed E-state index contributed by atoms with van der Waals surface area (Å²) in [6.07, 6.45) is 17.1. The van der Waals surface area contributed by atoms with Crippen LogP contribution in [0.1, 0.15) is 89.9 Å². The Morgan fingerprint density at radius 2 is 1.05 bits per heavy atom. The molecule has 0 atom stereocenters. The van der Waals surface area contributed by atoms with Crippen LogP contribution in [0.15, 0.2) is 0 Å². The van der Waals surface area contributed by atoms with E-state index in [9.17, 15) is 9.59 Å². The minimum absolute atomic E-state index is 0.173. The van der Waals surface area contributed by atoms with Gasteiger partial charge in [0.15, 0.2) is 0 Å². The number of nitrogens with two attached hydrogens (primary N) is 1. The van der Waals surface area contributed by atoms with Gasteiger partial charge in [-0.3, -0.25) is 4.79 Å². The highest BCUT2D eigenvalue weighted by Gasteiger charge is 1.95. The molecule has 0 aliphatic rings. The maximum atomic E-state index is 10.5. The van der Waals surface area contributed by atoms with E-state index in [1.165, 1.54) is 57.8 Å². The highest BCUT2D eigenvalue weighted by Crippen LogP contribution is 2.12. The van der Waals surface area contributed by atoms with Crippen molar-refractivity contribution in [3.63, 3.8) is 0 Å². The Morgan fingerprint density at radius 1 is 0.684 bits per heavy atom. The van der Waals surface area contributed by atoms with Gasteiger partial charge in [0.05, 0.1) is 0 Å². The summed E-state index contributed by atoms with van der Waals surface area (Å²) in [6.45, 7) is 0. The van der Waals surface area contributed by atoms with Gasteiger partial charge in [-0.15, -0.1) is 0 Å². The van der Waals surface area contributed by atoms with Crippen LogP contribution >= 0.6 is 0 Å². The number of rotatable bonds is 15. The van der Waals surface area contributed by atoms with E-state index >= 15 is 0 Å². The van der Waals surface area contributed by atoms with Gasteiger partial charge in [-0.2, -0.15) is 0 Å². The molecule has 0 saturated heterocycles. The summed E-state index contributed by atoms with van der Waals surface area (Å²) in [4.78, 5) is 20.6. The van der Waals surface area contributed by atoms with Crippen molar-refractivity contribution in [2.24, 2.45) is 5.73 Å². The van der Waals surface area contributed by atoms with E-state index < -0.39 is 0 Å². The Kier molecular flexibility index (Phi) is 14.5. The second kappa shape index (κ2) is 15.2. The van der Waals surface area contributed by atoms with Crippen molar-refractivity contribution in [3.8, 4) is 0 Å². The molecule has 3 heteroatoms. The van der Waals surface area contributed by atoms with Crippen LogP contribution in [0.2, 0.25) is 0 Å². The van der Waals surface area contributed by atoms with Gasteiger partial charge in [0.2, 0.25) is 5.91 Å². The van der Waals surface area contributed by atoms with Crippen molar-refractivity contribution in [1.82, 2.24) is 0 Å². The zero-order valence-electron chi connectivity index (χ0n) is 12.4. The predicted octanol–water partition coefficient (Wildman–Crippen LogP) is 4.13. The van der Waals surface area contributed by atoms with Gasteiger partial charge < -0.3 is 10.5 Å². The molecule has 2 N–H and O–H groups in total. The molecule has 0 rings (SSSR count). The summed E-state index contributed by atoms with van der Waals surface area (Å²) in [5, 5.41) is 0. The number of primary amides is 1. The first-order chi connectivity index (χ1) is 9.27. The highest BCUT2D eigenvalue weighted by molar-refractivity contribution is 5.73. The van der Waals surface area contributed by atoms with Crippen molar-refractivity contribution in [1.29, 1.82) is 0 Å². The molecular formula is C16H31NO2. The van der Waals surface area contributed by atoms with Crippen LogP contribution in [0.4, 0.5) is 0 Å². The van der Waals surface area contributed by atoms with Crippen LogP contribution in [-0.2, 0) is 9.59 Å². The van der Waals surface area contributed by atoms with Crippen LogP contribution in [-0.4, -0.2) is 12.2 Å². The Bertz CT molecular complexity index is 217. The molecule has 0 aromatic heterocycles. The Balaban J connectivity index is 2.95. The fourth-order valence-electron chi connectivity index (χ4n) is 2.29. The first-order valence-electron chi connectivity index (χ1n) is 7.99. The molecule has 0 saturated carbocycles. The lowest BCUT2D eigenvalue weighted by molar-refractivity contribution is -0.118. The van der Waals surface area contributed by atoms with Crippen LogP contribution in [0, 0.1) is 0 Å². The normalized spacial score (nSPS) is 10.5. The van der Waals surface area contributed by atoms with Crippen LogP contribution < -0.4 is 5.73 Å².